The molecule has 31 heavy (non-hydrogen) atoms. The minimum atomic E-state index is -0.438. The topological polar surface area (TPSA) is 83.8 Å². The highest BCUT2D eigenvalue weighted by molar-refractivity contribution is 6.22. The van der Waals surface area contributed by atoms with E-state index in [4.69, 9.17) is 0 Å². The van der Waals surface area contributed by atoms with Crippen molar-refractivity contribution < 1.29 is 14.5 Å². The van der Waals surface area contributed by atoms with Crippen molar-refractivity contribution in [3.8, 4) is 0 Å². The van der Waals surface area contributed by atoms with Crippen molar-refractivity contribution in [1.29, 1.82) is 0 Å². The molecule has 1 heterocycles. The predicted octanol–water partition coefficient (Wildman–Crippen LogP) is 4.55. The van der Waals surface area contributed by atoms with Crippen molar-refractivity contribution >= 4 is 28.9 Å². The Morgan fingerprint density at radius 2 is 1.77 bits per heavy atom. The average molecular weight is 421 g/mol. The number of carbonyl (C=O) groups is 2. The normalized spacial score (nSPS) is 23.0. The van der Waals surface area contributed by atoms with E-state index in [1.807, 2.05) is 42.2 Å². The molecule has 162 valence electrons. The van der Waals surface area contributed by atoms with Crippen LogP contribution in [0.5, 0.6) is 0 Å². The fourth-order valence-electron chi connectivity index (χ4n) is 4.88. The summed E-state index contributed by atoms with van der Waals surface area (Å²) in [6, 6.07) is 14.5. The molecule has 0 unspecified atom stereocenters. The van der Waals surface area contributed by atoms with E-state index in [1.54, 1.807) is 12.1 Å². The minimum Gasteiger partial charge on any atom is -0.362 e. The van der Waals surface area contributed by atoms with E-state index in [-0.39, 0.29) is 29.3 Å². The Kier molecular flexibility index (Phi) is 5.76. The lowest BCUT2D eigenvalue weighted by Crippen LogP contribution is -2.31. The van der Waals surface area contributed by atoms with Gasteiger partial charge in [0.05, 0.1) is 22.4 Å². The van der Waals surface area contributed by atoms with E-state index in [2.05, 4.69) is 6.92 Å². The van der Waals surface area contributed by atoms with E-state index in [0.29, 0.717) is 43.2 Å². The summed E-state index contributed by atoms with van der Waals surface area (Å²) in [4.78, 5) is 40.6. The molecule has 2 fully saturated rings. The number of nitro benzene ring substituents is 1. The van der Waals surface area contributed by atoms with Gasteiger partial charge in [0.15, 0.2) is 0 Å². The van der Waals surface area contributed by atoms with Gasteiger partial charge >= 0.3 is 0 Å². The summed E-state index contributed by atoms with van der Waals surface area (Å²) in [5.41, 5.74) is 1.72. The molecule has 0 N–H and O–H groups in total. The van der Waals surface area contributed by atoms with Crippen LogP contribution in [0.3, 0.4) is 0 Å². The highest BCUT2D eigenvalue weighted by Gasteiger charge is 2.50. The first-order valence-corrected chi connectivity index (χ1v) is 10.9. The number of anilines is 2. The summed E-state index contributed by atoms with van der Waals surface area (Å²) < 4.78 is 0. The first-order valence-electron chi connectivity index (χ1n) is 10.9. The van der Waals surface area contributed by atoms with Crippen molar-refractivity contribution in [2.75, 3.05) is 16.3 Å². The number of nitro groups is 1. The Morgan fingerprint density at radius 1 is 1.06 bits per heavy atom. The largest absolute Gasteiger partial charge is 0.362 e. The second-order valence-electron chi connectivity index (χ2n) is 8.57. The molecule has 7 heteroatoms. The number of amides is 2. The molecule has 0 radical (unpaired) electrons. The molecule has 2 aliphatic rings. The molecule has 1 aliphatic carbocycles. The van der Waals surface area contributed by atoms with Gasteiger partial charge in [0.25, 0.3) is 5.69 Å². The fraction of sp³-hybridized carbons (Fsp3) is 0.417. The molecule has 2 amide bonds. The highest BCUT2D eigenvalue weighted by atomic mass is 16.6. The molecule has 1 aliphatic heterocycles. The van der Waals surface area contributed by atoms with Crippen LogP contribution in [-0.4, -0.2) is 23.3 Å². The van der Waals surface area contributed by atoms with Gasteiger partial charge in [0, 0.05) is 19.2 Å². The predicted molar refractivity (Wildman–Crippen MR) is 119 cm³/mol. The van der Waals surface area contributed by atoms with Gasteiger partial charge in [-0.25, -0.2) is 4.90 Å². The molecule has 0 bridgehead atoms. The van der Waals surface area contributed by atoms with Crippen molar-refractivity contribution in [2.24, 2.45) is 17.8 Å². The first kappa shape index (κ1) is 21.0. The van der Waals surface area contributed by atoms with Gasteiger partial charge < -0.3 is 4.90 Å². The SMILES string of the molecule is CCN(Cc1ccccc1)c1ccc(N2C(=O)[C@@H]3CC[C@@H](C)C[C@H]3C2=O)cc1[N+](=O)[O-]. The fourth-order valence-corrected chi connectivity index (χ4v) is 4.88. The minimum absolute atomic E-state index is 0.0980. The van der Waals surface area contributed by atoms with Gasteiger partial charge in [0.2, 0.25) is 11.8 Å². The quantitative estimate of drug-likeness (QED) is 0.388. The number of benzene rings is 2. The monoisotopic (exact) mass is 421 g/mol. The second-order valence-corrected chi connectivity index (χ2v) is 8.57. The lowest BCUT2D eigenvalue weighted by atomic mass is 9.76. The highest BCUT2D eigenvalue weighted by Crippen LogP contribution is 2.43. The van der Waals surface area contributed by atoms with Crippen LogP contribution in [0.25, 0.3) is 0 Å². The summed E-state index contributed by atoms with van der Waals surface area (Å²) in [6.45, 7) is 5.15. The van der Waals surface area contributed by atoms with Crippen LogP contribution in [0.4, 0.5) is 17.1 Å². The molecular formula is C24H27N3O4. The maximum absolute atomic E-state index is 13.0. The molecular weight excluding hydrogens is 394 g/mol. The summed E-state index contributed by atoms with van der Waals surface area (Å²) in [5.74, 6) is -0.639. The molecule has 3 atom stereocenters. The standard InChI is InChI=1S/C24H27N3O4/c1-3-25(15-17-7-5-4-6-8-17)21-12-10-18(14-22(21)27(30)31)26-23(28)19-11-9-16(2)13-20(19)24(26)29/h4-8,10,12,14,16,19-20H,3,9,11,13,15H2,1-2H3/t16-,19-,20-/m1/s1. The zero-order valence-electron chi connectivity index (χ0n) is 17.9. The van der Waals surface area contributed by atoms with E-state index < -0.39 is 4.92 Å². The Balaban J connectivity index is 1.67. The number of hydrogen-bond donors (Lipinski definition) is 0. The van der Waals surface area contributed by atoms with Crippen molar-refractivity contribution in [1.82, 2.24) is 0 Å². The second kappa shape index (κ2) is 8.49. The Morgan fingerprint density at radius 3 is 2.45 bits per heavy atom. The molecule has 1 saturated heterocycles. The van der Waals surface area contributed by atoms with Crippen LogP contribution in [0.1, 0.15) is 38.7 Å². The number of imide groups is 1. The van der Waals surface area contributed by atoms with Crippen LogP contribution in [0, 0.1) is 27.9 Å². The Labute approximate surface area is 181 Å². The molecule has 2 aromatic carbocycles. The maximum Gasteiger partial charge on any atom is 0.294 e. The van der Waals surface area contributed by atoms with Crippen LogP contribution in [-0.2, 0) is 16.1 Å². The van der Waals surface area contributed by atoms with Crippen LogP contribution >= 0.6 is 0 Å². The van der Waals surface area contributed by atoms with Crippen molar-refractivity contribution in [3.63, 3.8) is 0 Å². The summed E-state index contributed by atoms with van der Waals surface area (Å²) in [6.07, 6.45) is 2.33. The lowest BCUT2D eigenvalue weighted by Gasteiger charge is -2.25. The van der Waals surface area contributed by atoms with Gasteiger partial charge in [0.1, 0.15) is 5.69 Å². The lowest BCUT2D eigenvalue weighted by molar-refractivity contribution is -0.384. The van der Waals surface area contributed by atoms with Gasteiger partial charge in [-0.05, 0) is 49.8 Å². The maximum atomic E-state index is 13.0. The molecule has 4 rings (SSSR count). The number of rotatable bonds is 6. The molecule has 0 spiro atoms. The summed E-state index contributed by atoms with van der Waals surface area (Å²) in [7, 11) is 0. The van der Waals surface area contributed by atoms with E-state index >= 15 is 0 Å². The van der Waals surface area contributed by atoms with Crippen molar-refractivity contribution in [2.45, 2.75) is 39.7 Å². The van der Waals surface area contributed by atoms with Gasteiger partial charge in [-0.1, -0.05) is 37.3 Å². The van der Waals surface area contributed by atoms with E-state index in [9.17, 15) is 19.7 Å². The zero-order chi connectivity index (χ0) is 22.1. The molecule has 2 aromatic rings. The van der Waals surface area contributed by atoms with Gasteiger partial charge in [-0.2, -0.15) is 0 Å². The number of carbonyl (C=O) groups excluding carboxylic acids is 2. The summed E-state index contributed by atoms with van der Waals surface area (Å²) >= 11 is 0. The summed E-state index contributed by atoms with van der Waals surface area (Å²) in [5, 5.41) is 11.9. The molecule has 7 nitrogen and oxygen atoms in total. The number of hydrogen-bond acceptors (Lipinski definition) is 5. The molecule has 1 saturated carbocycles. The Bertz CT molecular complexity index is 1010. The number of nitrogens with zero attached hydrogens (tertiary/aromatic N) is 3. The third-order valence-corrected chi connectivity index (χ3v) is 6.54. The first-order chi connectivity index (χ1) is 14.9. The third kappa shape index (κ3) is 3.92. The van der Waals surface area contributed by atoms with Gasteiger partial charge in [-0.3, -0.25) is 19.7 Å². The van der Waals surface area contributed by atoms with Gasteiger partial charge in [-0.15, -0.1) is 0 Å². The third-order valence-electron chi connectivity index (χ3n) is 6.54. The average Bonchev–Trinajstić information content (AvgIpc) is 3.02. The van der Waals surface area contributed by atoms with Crippen LogP contribution < -0.4 is 9.80 Å². The van der Waals surface area contributed by atoms with E-state index in [0.717, 1.165) is 12.0 Å². The number of fused-ring (bicyclic) bond motifs is 1. The van der Waals surface area contributed by atoms with Crippen LogP contribution in [0.15, 0.2) is 48.5 Å². The smallest absolute Gasteiger partial charge is 0.294 e. The zero-order valence-corrected chi connectivity index (χ0v) is 17.9. The Hall–Kier alpha value is -3.22. The van der Waals surface area contributed by atoms with Crippen molar-refractivity contribution in [3.05, 3.63) is 64.2 Å². The van der Waals surface area contributed by atoms with E-state index in [1.165, 1.54) is 11.0 Å². The molecule has 0 aromatic heterocycles. The van der Waals surface area contributed by atoms with Crippen LogP contribution in [0.2, 0.25) is 0 Å².